The molecule has 1 fully saturated rings. The highest BCUT2D eigenvalue weighted by atomic mass is 35.5. The maximum atomic E-state index is 12.6. The monoisotopic (exact) mass is 400 g/mol. The molecule has 0 aromatic heterocycles. The summed E-state index contributed by atoms with van der Waals surface area (Å²) in [5.41, 5.74) is 0.956. The van der Waals surface area contributed by atoms with Crippen molar-refractivity contribution in [2.24, 2.45) is 5.92 Å². The SMILES string of the molecule is C[C@@H]1CCCC[C@H]1NC(=O)COc1ccc(Cl)cc1C(=O)Nc1ccccc1. The average molecular weight is 401 g/mol. The van der Waals surface area contributed by atoms with E-state index in [4.69, 9.17) is 16.3 Å². The van der Waals surface area contributed by atoms with Gasteiger partial charge in [-0.15, -0.1) is 0 Å². The number of carbonyl (C=O) groups is 2. The van der Waals surface area contributed by atoms with Gasteiger partial charge >= 0.3 is 0 Å². The lowest BCUT2D eigenvalue weighted by Crippen LogP contribution is -2.43. The lowest BCUT2D eigenvalue weighted by Gasteiger charge is -2.29. The van der Waals surface area contributed by atoms with Gasteiger partial charge in [0.25, 0.3) is 11.8 Å². The van der Waals surface area contributed by atoms with Crippen LogP contribution in [0.5, 0.6) is 5.75 Å². The van der Waals surface area contributed by atoms with Gasteiger partial charge in [-0.25, -0.2) is 0 Å². The largest absolute Gasteiger partial charge is 0.483 e. The zero-order valence-electron chi connectivity index (χ0n) is 15.9. The molecular weight excluding hydrogens is 376 g/mol. The van der Waals surface area contributed by atoms with E-state index in [-0.39, 0.29) is 30.0 Å². The van der Waals surface area contributed by atoms with Crippen LogP contribution >= 0.6 is 11.6 Å². The molecule has 2 atom stereocenters. The second kappa shape index (κ2) is 9.60. The van der Waals surface area contributed by atoms with Gasteiger partial charge in [0.2, 0.25) is 0 Å². The van der Waals surface area contributed by atoms with Crippen LogP contribution < -0.4 is 15.4 Å². The van der Waals surface area contributed by atoms with Crippen molar-refractivity contribution in [3.05, 3.63) is 59.1 Å². The second-order valence-electron chi connectivity index (χ2n) is 7.19. The van der Waals surface area contributed by atoms with Gasteiger partial charge < -0.3 is 15.4 Å². The maximum Gasteiger partial charge on any atom is 0.259 e. The van der Waals surface area contributed by atoms with Crippen LogP contribution in [-0.2, 0) is 4.79 Å². The highest BCUT2D eigenvalue weighted by Gasteiger charge is 2.23. The summed E-state index contributed by atoms with van der Waals surface area (Å²) in [7, 11) is 0. The molecule has 2 aromatic carbocycles. The summed E-state index contributed by atoms with van der Waals surface area (Å²) in [5.74, 6) is 0.276. The van der Waals surface area contributed by atoms with Crippen molar-refractivity contribution in [3.8, 4) is 5.75 Å². The summed E-state index contributed by atoms with van der Waals surface area (Å²) >= 11 is 6.06. The molecule has 0 bridgehead atoms. The van der Waals surface area contributed by atoms with Crippen molar-refractivity contribution in [2.75, 3.05) is 11.9 Å². The van der Waals surface area contributed by atoms with Crippen molar-refractivity contribution in [3.63, 3.8) is 0 Å². The van der Waals surface area contributed by atoms with Gasteiger partial charge in [0.1, 0.15) is 5.75 Å². The second-order valence-corrected chi connectivity index (χ2v) is 7.62. The van der Waals surface area contributed by atoms with E-state index in [2.05, 4.69) is 17.6 Å². The van der Waals surface area contributed by atoms with Crippen LogP contribution in [0.2, 0.25) is 5.02 Å². The minimum absolute atomic E-state index is 0.142. The van der Waals surface area contributed by atoms with Gasteiger partial charge in [-0.3, -0.25) is 9.59 Å². The normalized spacial score (nSPS) is 18.9. The van der Waals surface area contributed by atoms with Gasteiger partial charge in [0.05, 0.1) is 5.56 Å². The van der Waals surface area contributed by atoms with E-state index >= 15 is 0 Å². The summed E-state index contributed by atoms with van der Waals surface area (Å²) in [5, 5.41) is 6.28. The molecule has 0 heterocycles. The van der Waals surface area contributed by atoms with Crippen molar-refractivity contribution in [1.82, 2.24) is 5.32 Å². The Labute approximate surface area is 170 Å². The zero-order chi connectivity index (χ0) is 19.9. The van der Waals surface area contributed by atoms with Gasteiger partial charge in [-0.2, -0.15) is 0 Å². The molecule has 148 valence electrons. The molecular formula is C22H25ClN2O3. The lowest BCUT2D eigenvalue weighted by atomic mass is 9.86. The molecule has 28 heavy (non-hydrogen) atoms. The number of nitrogens with one attached hydrogen (secondary N) is 2. The zero-order valence-corrected chi connectivity index (χ0v) is 16.7. The Balaban J connectivity index is 1.63. The summed E-state index contributed by atoms with van der Waals surface area (Å²) in [6, 6.07) is 14.1. The van der Waals surface area contributed by atoms with Crippen LogP contribution in [0.15, 0.2) is 48.5 Å². The summed E-state index contributed by atoms with van der Waals surface area (Å²) in [6.45, 7) is 2.02. The third-order valence-corrected chi connectivity index (χ3v) is 5.27. The molecule has 3 rings (SSSR count). The minimum atomic E-state index is -0.343. The molecule has 2 amide bonds. The molecule has 5 nitrogen and oxygen atoms in total. The Morgan fingerprint density at radius 1 is 1.11 bits per heavy atom. The molecule has 0 spiro atoms. The molecule has 2 N–H and O–H groups in total. The number of hydrogen-bond donors (Lipinski definition) is 2. The molecule has 0 radical (unpaired) electrons. The van der Waals surface area contributed by atoms with E-state index in [1.807, 2.05) is 18.2 Å². The Morgan fingerprint density at radius 3 is 2.61 bits per heavy atom. The number of ether oxygens (including phenoxy) is 1. The first-order chi connectivity index (χ1) is 13.5. The third kappa shape index (κ3) is 5.49. The molecule has 2 aromatic rings. The predicted molar refractivity (Wildman–Crippen MR) is 111 cm³/mol. The lowest BCUT2D eigenvalue weighted by molar-refractivity contribution is -0.124. The molecule has 1 saturated carbocycles. The number of benzene rings is 2. The summed E-state index contributed by atoms with van der Waals surface area (Å²) < 4.78 is 5.66. The number of anilines is 1. The number of hydrogen-bond acceptors (Lipinski definition) is 3. The standard InChI is InChI=1S/C22H25ClN2O3/c1-15-7-5-6-10-19(15)25-21(26)14-28-20-12-11-16(23)13-18(20)22(27)24-17-8-3-2-4-9-17/h2-4,8-9,11-13,15,19H,5-7,10,14H2,1H3,(H,24,27)(H,25,26)/t15-,19-/m1/s1. The maximum absolute atomic E-state index is 12.6. The highest BCUT2D eigenvalue weighted by Crippen LogP contribution is 2.25. The van der Waals surface area contributed by atoms with Crippen molar-refractivity contribution < 1.29 is 14.3 Å². The van der Waals surface area contributed by atoms with Gasteiger partial charge in [-0.05, 0) is 49.1 Å². The van der Waals surface area contributed by atoms with Crippen molar-refractivity contribution >= 4 is 29.1 Å². The van der Waals surface area contributed by atoms with Gasteiger partial charge in [0, 0.05) is 16.8 Å². The van der Waals surface area contributed by atoms with E-state index < -0.39 is 0 Å². The third-order valence-electron chi connectivity index (χ3n) is 5.03. The van der Waals surface area contributed by atoms with Gasteiger partial charge in [-0.1, -0.05) is 49.6 Å². The summed E-state index contributed by atoms with van der Waals surface area (Å²) in [6.07, 6.45) is 4.48. The van der Waals surface area contributed by atoms with Crippen LogP contribution in [0.1, 0.15) is 43.0 Å². The first-order valence-electron chi connectivity index (χ1n) is 9.61. The number of halogens is 1. The first-order valence-corrected chi connectivity index (χ1v) is 9.99. The fraction of sp³-hybridized carbons (Fsp3) is 0.364. The van der Waals surface area contributed by atoms with Crippen LogP contribution in [0.4, 0.5) is 5.69 Å². The quantitative estimate of drug-likeness (QED) is 0.740. The smallest absolute Gasteiger partial charge is 0.259 e. The topological polar surface area (TPSA) is 67.4 Å². The molecule has 0 unspecified atom stereocenters. The number of para-hydroxylation sites is 1. The van der Waals surface area contributed by atoms with Crippen LogP contribution in [0.25, 0.3) is 0 Å². The van der Waals surface area contributed by atoms with Crippen molar-refractivity contribution in [2.45, 2.75) is 38.6 Å². The molecule has 6 heteroatoms. The fourth-order valence-electron chi connectivity index (χ4n) is 3.45. The average Bonchev–Trinajstić information content (AvgIpc) is 2.69. The highest BCUT2D eigenvalue weighted by molar-refractivity contribution is 6.31. The van der Waals surface area contributed by atoms with E-state index in [0.29, 0.717) is 22.4 Å². The van der Waals surface area contributed by atoms with E-state index in [1.165, 1.54) is 12.5 Å². The number of amides is 2. The summed E-state index contributed by atoms with van der Waals surface area (Å²) in [4.78, 5) is 24.9. The Morgan fingerprint density at radius 2 is 1.86 bits per heavy atom. The predicted octanol–water partition coefficient (Wildman–Crippen LogP) is 4.67. The Bertz CT molecular complexity index is 826. The minimum Gasteiger partial charge on any atom is -0.483 e. The molecule has 1 aliphatic rings. The Hall–Kier alpha value is -2.53. The molecule has 0 aliphatic heterocycles. The van der Waals surface area contributed by atoms with Crippen LogP contribution in [0, 0.1) is 5.92 Å². The van der Waals surface area contributed by atoms with E-state index in [9.17, 15) is 9.59 Å². The van der Waals surface area contributed by atoms with E-state index in [1.54, 1.807) is 24.3 Å². The van der Waals surface area contributed by atoms with Crippen LogP contribution in [0.3, 0.4) is 0 Å². The molecule has 0 saturated heterocycles. The first kappa shape index (κ1) is 20.2. The number of carbonyl (C=O) groups excluding carboxylic acids is 2. The fourth-order valence-corrected chi connectivity index (χ4v) is 3.62. The van der Waals surface area contributed by atoms with Crippen LogP contribution in [-0.4, -0.2) is 24.5 Å². The number of rotatable bonds is 6. The van der Waals surface area contributed by atoms with E-state index in [0.717, 1.165) is 19.3 Å². The van der Waals surface area contributed by atoms with Gasteiger partial charge in [0.15, 0.2) is 6.61 Å². The van der Waals surface area contributed by atoms with Crippen molar-refractivity contribution in [1.29, 1.82) is 0 Å². The Kier molecular flexibility index (Phi) is 6.93. The molecule has 1 aliphatic carbocycles.